The van der Waals surface area contributed by atoms with E-state index in [-0.39, 0.29) is 11.6 Å². The number of aromatic amines is 2. The van der Waals surface area contributed by atoms with E-state index in [0.717, 1.165) is 25.9 Å². The minimum Gasteiger partial charge on any atom is -0.339 e. The van der Waals surface area contributed by atoms with E-state index >= 15 is 0 Å². The zero-order chi connectivity index (χ0) is 13.2. The summed E-state index contributed by atoms with van der Waals surface area (Å²) < 4.78 is 0. The van der Waals surface area contributed by atoms with Crippen LogP contribution in [0.5, 0.6) is 0 Å². The average Bonchev–Trinajstić information content (AvgIpc) is 2.63. The Kier molecular flexibility index (Phi) is 3.06. The van der Waals surface area contributed by atoms with Crippen molar-refractivity contribution < 1.29 is 4.79 Å². The minimum absolute atomic E-state index is 0.0236. The van der Waals surface area contributed by atoms with Gasteiger partial charge in [-0.3, -0.25) is 9.78 Å². The lowest BCUT2D eigenvalue weighted by atomic mass is 10.2. The third-order valence-corrected chi connectivity index (χ3v) is 3.55. The lowest BCUT2D eigenvalue weighted by Gasteiger charge is -2.20. The van der Waals surface area contributed by atoms with Gasteiger partial charge < -0.3 is 9.88 Å². The molecule has 2 aromatic rings. The molecular weight excluding hydrogens is 244 g/mol. The molecule has 0 aliphatic carbocycles. The maximum Gasteiger partial charge on any atom is 0.325 e. The summed E-state index contributed by atoms with van der Waals surface area (Å²) in [4.78, 5) is 35.0. The number of amides is 1. The molecule has 100 valence electrons. The summed E-state index contributed by atoms with van der Waals surface area (Å²) in [5.74, 6) is -0.0236. The number of nitrogens with one attached hydrogen (secondary N) is 2. The third kappa shape index (κ3) is 2.25. The summed E-state index contributed by atoms with van der Waals surface area (Å²) in [6.45, 7) is 1.58. The van der Waals surface area contributed by atoms with Crippen molar-refractivity contribution in [2.45, 2.75) is 25.7 Å². The van der Waals surface area contributed by atoms with Crippen molar-refractivity contribution >= 4 is 17.1 Å². The van der Waals surface area contributed by atoms with Crippen LogP contribution in [0.1, 0.15) is 36.0 Å². The van der Waals surface area contributed by atoms with Gasteiger partial charge in [-0.05, 0) is 18.9 Å². The molecule has 1 aliphatic heterocycles. The number of H-pyrrole nitrogens is 2. The molecule has 0 unspecified atom stereocenters. The summed E-state index contributed by atoms with van der Waals surface area (Å²) in [5, 5.41) is 0. The van der Waals surface area contributed by atoms with E-state index in [2.05, 4.69) is 15.0 Å². The average molecular weight is 260 g/mol. The van der Waals surface area contributed by atoms with Crippen LogP contribution in [0.25, 0.3) is 11.2 Å². The fraction of sp³-hybridized carbons (Fsp3) is 0.462. The highest BCUT2D eigenvalue weighted by atomic mass is 16.2. The molecule has 0 spiro atoms. The summed E-state index contributed by atoms with van der Waals surface area (Å²) >= 11 is 0. The molecule has 1 fully saturated rings. The Bertz CT molecular complexity index is 650. The van der Waals surface area contributed by atoms with Gasteiger partial charge in [0.1, 0.15) is 0 Å². The molecule has 0 aromatic carbocycles. The molecule has 1 amide bonds. The first-order valence-electron chi connectivity index (χ1n) is 6.62. The van der Waals surface area contributed by atoms with E-state index in [1.165, 1.54) is 12.8 Å². The second-order valence-corrected chi connectivity index (χ2v) is 4.87. The number of carbonyl (C=O) groups excluding carboxylic acids is 1. The van der Waals surface area contributed by atoms with Crippen molar-refractivity contribution in [2.24, 2.45) is 0 Å². The Hall–Kier alpha value is -2.11. The Labute approximate surface area is 109 Å². The van der Waals surface area contributed by atoms with Crippen molar-refractivity contribution in [1.29, 1.82) is 0 Å². The molecule has 0 radical (unpaired) electrons. The number of rotatable bonds is 1. The van der Waals surface area contributed by atoms with Crippen LogP contribution in [-0.4, -0.2) is 38.8 Å². The molecule has 2 N–H and O–H groups in total. The number of pyridine rings is 1. The Morgan fingerprint density at radius 1 is 1.16 bits per heavy atom. The fourth-order valence-electron chi connectivity index (χ4n) is 2.56. The second kappa shape index (κ2) is 4.87. The molecule has 3 heterocycles. The summed E-state index contributed by atoms with van der Waals surface area (Å²) in [6, 6.07) is 1.67. The van der Waals surface area contributed by atoms with Gasteiger partial charge in [-0.2, -0.15) is 0 Å². The summed E-state index contributed by atoms with van der Waals surface area (Å²) in [6.07, 6.45) is 6.00. The van der Waals surface area contributed by atoms with E-state index in [4.69, 9.17) is 0 Å². The molecule has 3 rings (SSSR count). The van der Waals surface area contributed by atoms with E-state index in [1.54, 1.807) is 12.3 Å². The number of carbonyl (C=O) groups is 1. The maximum absolute atomic E-state index is 12.5. The monoisotopic (exact) mass is 260 g/mol. The van der Waals surface area contributed by atoms with Crippen molar-refractivity contribution in [2.75, 3.05) is 13.1 Å². The van der Waals surface area contributed by atoms with Gasteiger partial charge in [0.25, 0.3) is 5.91 Å². The van der Waals surface area contributed by atoms with Gasteiger partial charge in [0.15, 0.2) is 5.65 Å². The maximum atomic E-state index is 12.5. The number of aromatic nitrogens is 3. The topological polar surface area (TPSA) is 81.8 Å². The summed E-state index contributed by atoms with van der Waals surface area (Å²) in [7, 11) is 0. The van der Waals surface area contributed by atoms with Crippen LogP contribution in [-0.2, 0) is 0 Å². The summed E-state index contributed by atoms with van der Waals surface area (Å²) in [5.41, 5.74) is 1.12. The highest BCUT2D eigenvalue weighted by Gasteiger charge is 2.20. The molecule has 6 heteroatoms. The largest absolute Gasteiger partial charge is 0.339 e. The number of fused-ring (bicyclic) bond motifs is 1. The van der Waals surface area contributed by atoms with Gasteiger partial charge in [0.05, 0.1) is 11.1 Å². The van der Waals surface area contributed by atoms with Crippen LogP contribution < -0.4 is 5.69 Å². The van der Waals surface area contributed by atoms with Crippen molar-refractivity contribution in [3.05, 3.63) is 28.3 Å². The SMILES string of the molecule is O=C(c1ccnc2[nH]c(=O)[nH]c12)N1CCCCCC1. The van der Waals surface area contributed by atoms with Crippen LogP contribution >= 0.6 is 0 Å². The van der Waals surface area contributed by atoms with Gasteiger partial charge in [0.2, 0.25) is 0 Å². The zero-order valence-electron chi connectivity index (χ0n) is 10.6. The third-order valence-electron chi connectivity index (χ3n) is 3.55. The van der Waals surface area contributed by atoms with Crippen LogP contribution in [0.4, 0.5) is 0 Å². The molecule has 1 saturated heterocycles. The molecule has 19 heavy (non-hydrogen) atoms. The Morgan fingerprint density at radius 2 is 1.89 bits per heavy atom. The van der Waals surface area contributed by atoms with Crippen LogP contribution in [0.15, 0.2) is 17.1 Å². The first-order valence-corrected chi connectivity index (χ1v) is 6.62. The van der Waals surface area contributed by atoms with Crippen LogP contribution in [0.2, 0.25) is 0 Å². The van der Waals surface area contributed by atoms with E-state index in [1.807, 2.05) is 4.90 Å². The molecule has 1 aliphatic rings. The van der Waals surface area contributed by atoms with E-state index < -0.39 is 0 Å². The Morgan fingerprint density at radius 3 is 2.63 bits per heavy atom. The number of hydrogen-bond donors (Lipinski definition) is 2. The quantitative estimate of drug-likeness (QED) is 0.810. The standard InChI is InChI=1S/C13H16N4O2/c18-12(17-7-3-1-2-4-8-17)9-5-6-14-11-10(9)15-13(19)16-11/h5-6H,1-4,7-8H2,(H2,14,15,16,19). The zero-order valence-corrected chi connectivity index (χ0v) is 10.6. The number of imidazole rings is 1. The molecule has 0 saturated carbocycles. The number of nitrogens with zero attached hydrogens (tertiary/aromatic N) is 2. The van der Waals surface area contributed by atoms with E-state index in [0.29, 0.717) is 16.7 Å². The first-order chi connectivity index (χ1) is 9.25. The molecular formula is C13H16N4O2. The number of hydrogen-bond acceptors (Lipinski definition) is 3. The van der Waals surface area contributed by atoms with Crippen molar-refractivity contribution in [3.63, 3.8) is 0 Å². The lowest BCUT2D eigenvalue weighted by Crippen LogP contribution is -2.32. The predicted octanol–water partition coefficient (Wildman–Crippen LogP) is 1.27. The predicted molar refractivity (Wildman–Crippen MR) is 71.1 cm³/mol. The fourth-order valence-corrected chi connectivity index (χ4v) is 2.56. The van der Waals surface area contributed by atoms with Crippen LogP contribution in [0.3, 0.4) is 0 Å². The van der Waals surface area contributed by atoms with Gasteiger partial charge in [-0.25, -0.2) is 9.78 Å². The smallest absolute Gasteiger partial charge is 0.325 e. The molecule has 6 nitrogen and oxygen atoms in total. The molecule has 0 bridgehead atoms. The van der Waals surface area contributed by atoms with Gasteiger partial charge >= 0.3 is 5.69 Å². The highest BCUT2D eigenvalue weighted by molar-refractivity contribution is 6.03. The van der Waals surface area contributed by atoms with Crippen molar-refractivity contribution in [1.82, 2.24) is 19.9 Å². The Balaban J connectivity index is 1.98. The highest BCUT2D eigenvalue weighted by Crippen LogP contribution is 2.17. The minimum atomic E-state index is -0.335. The number of likely N-dealkylation sites (tertiary alicyclic amines) is 1. The lowest BCUT2D eigenvalue weighted by molar-refractivity contribution is 0.0763. The van der Waals surface area contributed by atoms with Crippen molar-refractivity contribution in [3.8, 4) is 0 Å². The second-order valence-electron chi connectivity index (χ2n) is 4.87. The van der Waals surface area contributed by atoms with Gasteiger partial charge in [0, 0.05) is 19.3 Å². The molecule has 0 atom stereocenters. The first kappa shape index (κ1) is 12.0. The van der Waals surface area contributed by atoms with E-state index in [9.17, 15) is 9.59 Å². The van der Waals surface area contributed by atoms with Gasteiger partial charge in [-0.15, -0.1) is 0 Å². The van der Waals surface area contributed by atoms with Crippen LogP contribution in [0, 0.1) is 0 Å². The molecule has 2 aromatic heterocycles. The van der Waals surface area contributed by atoms with Gasteiger partial charge in [-0.1, -0.05) is 12.8 Å². The normalized spacial score (nSPS) is 16.5.